The minimum absolute atomic E-state index is 0.129. The fraction of sp³-hybridized carbons (Fsp3) is 0.286. The molecule has 2 nitrogen and oxygen atoms in total. The molecule has 1 N–H and O–H groups in total. The van der Waals surface area contributed by atoms with Crippen LogP contribution < -0.4 is 4.74 Å². The normalized spacial score (nSPS) is 12.6. The topological polar surface area (TPSA) is 29.5 Å². The number of benzene rings is 2. The van der Waals surface area contributed by atoms with E-state index in [9.17, 15) is 0 Å². The third-order valence-electron chi connectivity index (χ3n) is 2.67. The molecular weight excluding hydrogens is 236 g/mol. The van der Waals surface area contributed by atoms with Gasteiger partial charge < -0.3 is 9.84 Å². The Morgan fingerprint density at radius 3 is 2.59 bits per heavy atom. The average Bonchev–Trinajstić information content (AvgIpc) is 2.38. The highest BCUT2D eigenvalue weighted by atomic mass is 35.5. The molecule has 0 aliphatic heterocycles. The zero-order valence-corrected chi connectivity index (χ0v) is 10.4. The standard InChI is InChI=1S/C14H15ClO2/c1-10(8-16)9-17-14-7-6-13(15)11-4-2-3-5-12(11)14/h2-7,10,16H,8-9H2,1H3. The van der Waals surface area contributed by atoms with Gasteiger partial charge in [0.25, 0.3) is 0 Å². The maximum Gasteiger partial charge on any atom is 0.127 e. The summed E-state index contributed by atoms with van der Waals surface area (Å²) in [6.07, 6.45) is 0. The molecule has 0 fully saturated rings. The minimum atomic E-state index is 0.129. The van der Waals surface area contributed by atoms with Crippen LogP contribution in [0.3, 0.4) is 0 Å². The van der Waals surface area contributed by atoms with E-state index >= 15 is 0 Å². The van der Waals surface area contributed by atoms with Gasteiger partial charge in [-0.1, -0.05) is 42.8 Å². The third kappa shape index (κ3) is 2.71. The Morgan fingerprint density at radius 2 is 1.88 bits per heavy atom. The van der Waals surface area contributed by atoms with Crippen molar-refractivity contribution in [2.45, 2.75) is 6.92 Å². The second-order valence-corrected chi connectivity index (χ2v) is 4.60. The molecular formula is C14H15ClO2. The van der Waals surface area contributed by atoms with Crippen LogP contribution in [0.1, 0.15) is 6.92 Å². The van der Waals surface area contributed by atoms with Crippen molar-refractivity contribution in [3.8, 4) is 5.75 Å². The summed E-state index contributed by atoms with van der Waals surface area (Å²) < 4.78 is 5.71. The lowest BCUT2D eigenvalue weighted by molar-refractivity contribution is 0.175. The van der Waals surface area contributed by atoms with Gasteiger partial charge in [0.15, 0.2) is 0 Å². The number of ether oxygens (including phenoxy) is 1. The van der Waals surface area contributed by atoms with Gasteiger partial charge in [0, 0.05) is 28.3 Å². The molecule has 2 aromatic carbocycles. The first-order valence-corrected chi connectivity index (χ1v) is 6.01. The summed E-state index contributed by atoms with van der Waals surface area (Å²) in [5.41, 5.74) is 0. The quantitative estimate of drug-likeness (QED) is 0.900. The molecule has 17 heavy (non-hydrogen) atoms. The molecule has 0 bridgehead atoms. The van der Waals surface area contributed by atoms with Gasteiger partial charge in [-0.2, -0.15) is 0 Å². The molecule has 2 rings (SSSR count). The molecule has 0 saturated carbocycles. The first-order chi connectivity index (χ1) is 8.22. The summed E-state index contributed by atoms with van der Waals surface area (Å²) in [7, 11) is 0. The van der Waals surface area contributed by atoms with Crippen molar-refractivity contribution in [3.05, 3.63) is 41.4 Å². The van der Waals surface area contributed by atoms with Gasteiger partial charge in [-0.15, -0.1) is 0 Å². The lowest BCUT2D eigenvalue weighted by Crippen LogP contribution is -2.12. The van der Waals surface area contributed by atoms with Gasteiger partial charge in [0.05, 0.1) is 6.61 Å². The Balaban J connectivity index is 2.32. The molecule has 90 valence electrons. The van der Waals surface area contributed by atoms with E-state index in [1.165, 1.54) is 0 Å². The molecule has 0 heterocycles. The van der Waals surface area contributed by atoms with E-state index in [-0.39, 0.29) is 12.5 Å². The molecule has 0 aliphatic rings. The Morgan fingerprint density at radius 1 is 1.18 bits per heavy atom. The minimum Gasteiger partial charge on any atom is -0.493 e. The summed E-state index contributed by atoms with van der Waals surface area (Å²) in [6.45, 7) is 2.58. The molecule has 0 amide bonds. The smallest absolute Gasteiger partial charge is 0.127 e. The molecule has 2 aromatic rings. The maximum atomic E-state index is 8.97. The zero-order chi connectivity index (χ0) is 12.3. The highest BCUT2D eigenvalue weighted by molar-refractivity contribution is 6.35. The highest BCUT2D eigenvalue weighted by Crippen LogP contribution is 2.31. The maximum absolute atomic E-state index is 8.97. The monoisotopic (exact) mass is 250 g/mol. The predicted octanol–water partition coefficient (Wildman–Crippen LogP) is 3.50. The molecule has 0 saturated heterocycles. The van der Waals surface area contributed by atoms with Gasteiger partial charge in [-0.3, -0.25) is 0 Å². The van der Waals surface area contributed by atoms with Crippen molar-refractivity contribution in [2.75, 3.05) is 13.2 Å². The number of aliphatic hydroxyl groups excluding tert-OH is 1. The van der Waals surface area contributed by atoms with Crippen molar-refractivity contribution in [1.82, 2.24) is 0 Å². The zero-order valence-electron chi connectivity index (χ0n) is 9.69. The molecule has 0 spiro atoms. The fourth-order valence-electron chi connectivity index (χ4n) is 1.65. The number of aliphatic hydroxyl groups is 1. The summed E-state index contributed by atoms with van der Waals surface area (Å²) in [4.78, 5) is 0. The third-order valence-corrected chi connectivity index (χ3v) is 3.00. The van der Waals surface area contributed by atoms with Gasteiger partial charge in [-0.25, -0.2) is 0 Å². The van der Waals surface area contributed by atoms with Crippen LogP contribution in [-0.4, -0.2) is 18.3 Å². The SMILES string of the molecule is CC(CO)COc1ccc(Cl)c2ccccc12. The van der Waals surface area contributed by atoms with Gasteiger partial charge in [-0.05, 0) is 12.1 Å². The van der Waals surface area contributed by atoms with Gasteiger partial charge in [0.2, 0.25) is 0 Å². The van der Waals surface area contributed by atoms with Crippen molar-refractivity contribution >= 4 is 22.4 Å². The lowest BCUT2D eigenvalue weighted by atomic mass is 10.1. The molecule has 3 heteroatoms. The van der Waals surface area contributed by atoms with E-state index in [1.807, 2.05) is 43.3 Å². The van der Waals surface area contributed by atoms with Crippen LogP contribution in [0, 0.1) is 5.92 Å². The number of hydrogen-bond donors (Lipinski definition) is 1. The Hall–Kier alpha value is -1.25. The van der Waals surface area contributed by atoms with E-state index in [0.717, 1.165) is 21.5 Å². The van der Waals surface area contributed by atoms with Crippen molar-refractivity contribution < 1.29 is 9.84 Å². The fourth-order valence-corrected chi connectivity index (χ4v) is 1.87. The first kappa shape index (κ1) is 12.2. The Bertz CT molecular complexity index is 511. The lowest BCUT2D eigenvalue weighted by Gasteiger charge is -2.13. The molecule has 0 radical (unpaired) electrons. The highest BCUT2D eigenvalue weighted by Gasteiger charge is 2.07. The van der Waals surface area contributed by atoms with Crippen LogP contribution in [0.4, 0.5) is 0 Å². The van der Waals surface area contributed by atoms with Crippen LogP contribution in [-0.2, 0) is 0 Å². The van der Waals surface area contributed by atoms with E-state index in [0.29, 0.717) is 6.61 Å². The molecule has 1 atom stereocenters. The van der Waals surface area contributed by atoms with Crippen LogP contribution in [0.15, 0.2) is 36.4 Å². The second kappa shape index (κ2) is 5.39. The molecule has 0 aromatic heterocycles. The van der Waals surface area contributed by atoms with Gasteiger partial charge in [0.1, 0.15) is 5.75 Å². The largest absolute Gasteiger partial charge is 0.493 e. The van der Waals surface area contributed by atoms with E-state index < -0.39 is 0 Å². The Labute approximate surface area is 106 Å². The van der Waals surface area contributed by atoms with Crippen molar-refractivity contribution in [2.24, 2.45) is 5.92 Å². The average molecular weight is 251 g/mol. The van der Waals surface area contributed by atoms with Crippen LogP contribution in [0.5, 0.6) is 5.75 Å². The summed E-state index contributed by atoms with van der Waals surface area (Å²) in [5.74, 6) is 0.940. The van der Waals surface area contributed by atoms with Crippen LogP contribution in [0.2, 0.25) is 5.02 Å². The Kier molecular flexibility index (Phi) is 3.87. The number of fused-ring (bicyclic) bond motifs is 1. The van der Waals surface area contributed by atoms with E-state index in [2.05, 4.69) is 0 Å². The number of halogens is 1. The summed E-state index contributed by atoms with van der Waals surface area (Å²) in [6, 6.07) is 11.6. The van der Waals surface area contributed by atoms with Crippen molar-refractivity contribution in [3.63, 3.8) is 0 Å². The summed E-state index contributed by atoms with van der Waals surface area (Å²) in [5, 5.41) is 11.7. The van der Waals surface area contributed by atoms with Gasteiger partial charge >= 0.3 is 0 Å². The van der Waals surface area contributed by atoms with Crippen LogP contribution >= 0.6 is 11.6 Å². The van der Waals surface area contributed by atoms with Crippen molar-refractivity contribution in [1.29, 1.82) is 0 Å². The molecule has 1 unspecified atom stereocenters. The first-order valence-electron chi connectivity index (χ1n) is 5.63. The summed E-state index contributed by atoms with van der Waals surface area (Å²) >= 11 is 6.12. The number of hydrogen-bond acceptors (Lipinski definition) is 2. The van der Waals surface area contributed by atoms with E-state index in [4.69, 9.17) is 21.4 Å². The van der Waals surface area contributed by atoms with Crippen LogP contribution in [0.25, 0.3) is 10.8 Å². The molecule has 0 aliphatic carbocycles. The number of rotatable bonds is 4. The van der Waals surface area contributed by atoms with E-state index in [1.54, 1.807) is 0 Å². The second-order valence-electron chi connectivity index (χ2n) is 4.19. The predicted molar refractivity (Wildman–Crippen MR) is 70.7 cm³/mol.